The van der Waals surface area contributed by atoms with E-state index in [1.165, 1.54) is 6.92 Å². The Morgan fingerprint density at radius 3 is 2.69 bits per heavy atom. The standard InChI is InChI=1S/C9H11NO2S/c1-7(11)10-8-4-3-5-9(6-8)13(2)12/h3-6H,1-2H3,(H,10,11)/t13-/m0/s1. The number of carbonyl (C=O) groups is 1. The van der Waals surface area contributed by atoms with Crippen LogP contribution in [0.2, 0.25) is 0 Å². The van der Waals surface area contributed by atoms with Crippen LogP contribution in [0.4, 0.5) is 5.69 Å². The molecule has 70 valence electrons. The Morgan fingerprint density at radius 2 is 2.15 bits per heavy atom. The van der Waals surface area contributed by atoms with Crippen molar-refractivity contribution in [1.29, 1.82) is 0 Å². The van der Waals surface area contributed by atoms with Gasteiger partial charge in [-0.05, 0) is 18.2 Å². The first-order valence-electron chi connectivity index (χ1n) is 3.80. The summed E-state index contributed by atoms with van der Waals surface area (Å²) in [7, 11) is -1.01. The molecule has 0 saturated heterocycles. The lowest BCUT2D eigenvalue weighted by molar-refractivity contribution is -0.114. The van der Waals surface area contributed by atoms with E-state index in [2.05, 4.69) is 5.32 Å². The van der Waals surface area contributed by atoms with Crippen molar-refractivity contribution in [3.63, 3.8) is 0 Å². The van der Waals surface area contributed by atoms with E-state index in [-0.39, 0.29) is 5.91 Å². The summed E-state index contributed by atoms with van der Waals surface area (Å²) in [6, 6.07) is 7.00. The van der Waals surface area contributed by atoms with E-state index in [1.54, 1.807) is 30.5 Å². The van der Waals surface area contributed by atoms with Gasteiger partial charge in [-0.1, -0.05) is 6.07 Å². The molecular weight excluding hydrogens is 186 g/mol. The number of hydrogen-bond acceptors (Lipinski definition) is 2. The topological polar surface area (TPSA) is 46.2 Å². The lowest BCUT2D eigenvalue weighted by Crippen LogP contribution is -2.05. The van der Waals surface area contributed by atoms with Crippen molar-refractivity contribution in [2.45, 2.75) is 11.8 Å². The molecule has 1 aromatic carbocycles. The number of amides is 1. The highest BCUT2D eigenvalue weighted by Crippen LogP contribution is 2.12. The molecule has 13 heavy (non-hydrogen) atoms. The number of nitrogens with one attached hydrogen (secondary N) is 1. The van der Waals surface area contributed by atoms with Gasteiger partial charge in [0.1, 0.15) is 0 Å². The largest absolute Gasteiger partial charge is 0.326 e. The summed E-state index contributed by atoms with van der Waals surface area (Å²) in [5.74, 6) is -0.126. The lowest BCUT2D eigenvalue weighted by atomic mass is 10.3. The highest BCUT2D eigenvalue weighted by molar-refractivity contribution is 7.84. The first-order chi connectivity index (χ1) is 6.09. The molecule has 0 unspecified atom stereocenters. The molecule has 0 saturated carbocycles. The number of benzene rings is 1. The Labute approximate surface area is 79.6 Å². The maximum absolute atomic E-state index is 11.1. The molecule has 3 nitrogen and oxygen atoms in total. The summed E-state index contributed by atoms with van der Waals surface area (Å²) >= 11 is 0. The van der Waals surface area contributed by atoms with E-state index >= 15 is 0 Å². The fourth-order valence-electron chi connectivity index (χ4n) is 0.956. The third kappa shape index (κ3) is 2.99. The van der Waals surface area contributed by atoms with Gasteiger partial charge < -0.3 is 5.32 Å². The van der Waals surface area contributed by atoms with Crippen molar-refractivity contribution in [2.24, 2.45) is 0 Å². The number of anilines is 1. The van der Waals surface area contributed by atoms with Crippen LogP contribution >= 0.6 is 0 Å². The molecule has 0 bridgehead atoms. The van der Waals surface area contributed by atoms with Gasteiger partial charge in [-0.2, -0.15) is 0 Å². The molecule has 1 rings (SSSR count). The fourth-order valence-corrected chi connectivity index (χ4v) is 1.52. The van der Waals surface area contributed by atoms with E-state index in [4.69, 9.17) is 0 Å². The minimum atomic E-state index is -1.01. The van der Waals surface area contributed by atoms with Crippen molar-refractivity contribution >= 4 is 22.4 Å². The van der Waals surface area contributed by atoms with Crippen LogP contribution in [0.1, 0.15) is 6.92 Å². The predicted molar refractivity (Wildman–Crippen MR) is 53.1 cm³/mol. The van der Waals surface area contributed by atoms with Gasteiger partial charge in [-0.25, -0.2) is 0 Å². The van der Waals surface area contributed by atoms with Crippen LogP contribution in [0, 0.1) is 0 Å². The van der Waals surface area contributed by atoms with Gasteiger partial charge in [0, 0.05) is 34.6 Å². The molecule has 0 spiro atoms. The molecule has 0 aromatic heterocycles. The Kier molecular flexibility index (Phi) is 3.19. The Balaban J connectivity index is 2.91. The third-order valence-electron chi connectivity index (χ3n) is 1.49. The monoisotopic (exact) mass is 197 g/mol. The fraction of sp³-hybridized carbons (Fsp3) is 0.222. The number of hydrogen-bond donors (Lipinski definition) is 1. The van der Waals surface area contributed by atoms with Gasteiger partial charge in [0.15, 0.2) is 0 Å². The zero-order valence-corrected chi connectivity index (χ0v) is 8.35. The molecular formula is C9H11NO2S. The molecule has 0 heterocycles. The quantitative estimate of drug-likeness (QED) is 0.778. The summed E-state index contributed by atoms with van der Waals surface area (Å²) in [5.41, 5.74) is 0.681. The van der Waals surface area contributed by atoms with E-state index in [1.807, 2.05) is 0 Å². The Morgan fingerprint density at radius 1 is 1.46 bits per heavy atom. The van der Waals surface area contributed by atoms with Crippen LogP contribution in [0.25, 0.3) is 0 Å². The molecule has 1 aromatic rings. The second-order valence-electron chi connectivity index (χ2n) is 2.66. The van der Waals surface area contributed by atoms with Crippen molar-refractivity contribution < 1.29 is 9.00 Å². The van der Waals surface area contributed by atoms with Crippen molar-refractivity contribution in [3.8, 4) is 0 Å². The predicted octanol–water partition coefficient (Wildman–Crippen LogP) is 1.38. The zero-order valence-electron chi connectivity index (χ0n) is 7.53. The summed E-state index contributed by atoms with van der Waals surface area (Å²) in [4.78, 5) is 11.4. The minimum absolute atomic E-state index is 0.126. The zero-order chi connectivity index (χ0) is 9.84. The third-order valence-corrected chi connectivity index (χ3v) is 2.40. The number of carbonyl (C=O) groups excluding carboxylic acids is 1. The van der Waals surface area contributed by atoms with Gasteiger partial charge in [0.25, 0.3) is 0 Å². The van der Waals surface area contributed by atoms with Crippen LogP contribution in [0.15, 0.2) is 29.2 Å². The second kappa shape index (κ2) is 4.18. The molecule has 1 atom stereocenters. The SMILES string of the molecule is CC(=O)Nc1cccc([S@](C)=O)c1. The highest BCUT2D eigenvalue weighted by atomic mass is 32.2. The molecule has 0 radical (unpaired) electrons. The first-order valence-corrected chi connectivity index (χ1v) is 5.36. The second-order valence-corrected chi connectivity index (χ2v) is 4.04. The van der Waals surface area contributed by atoms with Gasteiger partial charge >= 0.3 is 0 Å². The Bertz CT molecular complexity index is 349. The van der Waals surface area contributed by atoms with Crippen molar-refractivity contribution in [1.82, 2.24) is 0 Å². The van der Waals surface area contributed by atoms with E-state index < -0.39 is 10.8 Å². The van der Waals surface area contributed by atoms with Crippen LogP contribution in [-0.4, -0.2) is 16.4 Å². The van der Waals surface area contributed by atoms with E-state index in [9.17, 15) is 9.00 Å². The van der Waals surface area contributed by atoms with Gasteiger partial charge in [-0.15, -0.1) is 0 Å². The average molecular weight is 197 g/mol. The minimum Gasteiger partial charge on any atom is -0.326 e. The molecule has 0 aliphatic heterocycles. The maximum atomic E-state index is 11.1. The molecule has 0 aliphatic rings. The van der Waals surface area contributed by atoms with E-state index in [0.717, 1.165) is 0 Å². The van der Waals surface area contributed by atoms with Crippen LogP contribution < -0.4 is 5.32 Å². The van der Waals surface area contributed by atoms with E-state index in [0.29, 0.717) is 10.6 Å². The Hall–Kier alpha value is -1.16. The van der Waals surface area contributed by atoms with Crippen LogP contribution in [0.3, 0.4) is 0 Å². The maximum Gasteiger partial charge on any atom is 0.221 e. The van der Waals surface area contributed by atoms with Crippen LogP contribution in [0.5, 0.6) is 0 Å². The average Bonchev–Trinajstić information content (AvgIpc) is 2.03. The van der Waals surface area contributed by atoms with Gasteiger partial charge in [-0.3, -0.25) is 9.00 Å². The van der Waals surface area contributed by atoms with Crippen molar-refractivity contribution in [3.05, 3.63) is 24.3 Å². The molecule has 0 aliphatic carbocycles. The molecule has 1 N–H and O–H groups in total. The summed E-state index contributed by atoms with van der Waals surface area (Å²) < 4.78 is 11.1. The highest BCUT2D eigenvalue weighted by Gasteiger charge is 1.99. The molecule has 0 fully saturated rings. The van der Waals surface area contributed by atoms with Crippen molar-refractivity contribution in [2.75, 3.05) is 11.6 Å². The summed E-state index contributed by atoms with van der Waals surface area (Å²) in [6.07, 6.45) is 1.60. The summed E-state index contributed by atoms with van der Waals surface area (Å²) in [6.45, 7) is 1.44. The van der Waals surface area contributed by atoms with Gasteiger partial charge in [0.2, 0.25) is 5.91 Å². The summed E-state index contributed by atoms with van der Waals surface area (Å²) in [5, 5.41) is 2.63. The van der Waals surface area contributed by atoms with Gasteiger partial charge in [0.05, 0.1) is 0 Å². The normalized spacial score (nSPS) is 12.2. The molecule has 1 amide bonds. The number of rotatable bonds is 2. The smallest absolute Gasteiger partial charge is 0.221 e. The first kappa shape index (κ1) is 9.92. The lowest BCUT2D eigenvalue weighted by Gasteiger charge is -2.02. The molecule has 4 heteroatoms. The van der Waals surface area contributed by atoms with Crippen LogP contribution in [-0.2, 0) is 15.6 Å².